The van der Waals surface area contributed by atoms with E-state index in [9.17, 15) is 9.90 Å². The largest absolute Gasteiger partial charge is 0.493 e. The van der Waals surface area contributed by atoms with Crippen molar-refractivity contribution < 1.29 is 14.6 Å². The van der Waals surface area contributed by atoms with Crippen LogP contribution in [0.4, 0.5) is 0 Å². The second-order valence-electron chi connectivity index (χ2n) is 6.68. The zero-order chi connectivity index (χ0) is 16.1. The van der Waals surface area contributed by atoms with E-state index < -0.39 is 5.60 Å². The average molecular weight is 318 g/mol. The number of β-amino-alcohol motifs (C(OH)–C–C–N with tert-alkyl or cyclic N) is 1. The molecule has 1 unspecified atom stereocenters. The van der Waals surface area contributed by atoms with Gasteiger partial charge < -0.3 is 19.6 Å². The number of hydrogen-bond donors (Lipinski definition) is 1. The molecule has 0 spiro atoms. The Balaban J connectivity index is 1.41. The van der Waals surface area contributed by atoms with Gasteiger partial charge in [0.15, 0.2) is 0 Å². The normalized spacial score (nSPS) is 25.0. The first-order valence-electron chi connectivity index (χ1n) is 8.55. The smallest absolute Gasteiger partial charge is 0.226 e. The van der Waals surface area contributed by atoms with Crippen LogP contribution in [0, 0.1) is 0 Å². The number of carbonyl (C=O) groups is 1. The molecule has 5 heteroatoms. The molecule has 3 rings (SSSR count). The van der Waals surface area contributed by atoms with Crippen LogP contribution in [0.2, 0.25) is 0 Å². The van der Waals surface area contributed by atoms with E-state index in [1.165, 1.54) is 12.8 Å². The Bertz CT molecular complexity index is 516. The fourth-order valence-electron chi connectivity index (χ4n) is 3.49. The number of ether oxygens (including phenoxy) is 1. The van der Waals surface area contributed by atoms with Crippen LogP contribution in [0.1, 0.15) is 25.7 Å². The van der Waals surface area contributed by atoms with Gasteiger partial charge in [-0.2, -0.15) is 0 Å². The molecule has 1 aromatic carbocycles. The maximum absolute atomic E-state index is 12.3. The fourth-order valence-corrected chi connectivity index (χ4v) is 3.49. The lowest BCUT2D eigenvalue weighted by Gasteiger charge is -2.28. The highest BCUT2D eigenvalue weighted by molar-refractivity contribution is 5.76. The van der Waals surface area contributed by atoms with Gasteiger partial charge in [0.05, 0.1) is 25.2 Å². The molecule has 1 N–H and O–H groups in total. The molecule has 2 aliphatic heterocycles. The van der Waals surface area contributed by atoms with E-state index in [-0.39, 0.29) is 5.91 Å². The van der Waals surface area contributed by atoms with Crippen molar-refractivity contribution in [1.29, 1.82) is 0 Å². The quantitative estimate of drug-likeness (QED) is 0.864. The molecule has 1 aromatic rings. The van der Waals surface area contributed by atoms with E-state index in [0.717, 1.165) is 18.8 Å². The van der Waals surface area contributed by atoms with E-state index in [4.69, 9.17) is 4.74 Å². The van der Waals surface area contributed by atoms with Crippen molar-refractivity contribution in [3.8, 4) is 5.75 Å². The molecular weight excluding hydrogens is 292 g/mol. The van der Waals surface area contributed by atoms with Crippen molar-refractivity contribution in [3.05, 3.63) is 30.3 Å². The van der Waals surface area contributed by atoms with Gasteiger partial charge in [-0.25, -0.2) is 0 Å². The summed E-state index contributed by atoms with van der Waals surface area (Å²) in [6.07, 6.45) is 3.47. The standard InChI is InChI=1S/C18H26N2O3/c21-17(8-13-23-16-6-2-1-3-7-16)20-12-9-18(22,15-20)14-19-10-4-5-11-19/h1-3,6-7,22H,4-5,8-15H2. The third kappa shape index (κ3) is 4.45. The Morgan fingerprint density at radius 1 is 1.17 bits per heavy atom. The monoisotopic (exact) mass is 318 g/mol. The molecule has 0 aliphatic carbocycles. The third-order valence-electron chi connectivity index (χ3n) is 4.73. The minimum atomic E-state index is -0.736. The number of benzene rings is 1. The predicted molar refractivity (Wildman–Crippen MR) is 88.4 cm³/mol. The lowest BCUT2D eigenvalue weighted by Crippen LogP contribution is -2.45. The Morgan fingerprint density at radius 3 is 2.65 bits per heavy atom. The molecular formula is C18H26N2O3. The molecule has 0 bridgehead atoms. The summed E-state index contributed by atoms with van der Waals surface area (Å²) < 4.78 is 5.58. The van der Waals surface area contributed by atoms with Gasteiger partial charge in [-0.1, -0.05) is 18.2 Å². The number of likely N-dealkylation sites (tertiary alicyclic amines) is 2. The number of rotatable bonds is 6. The van der Waals surface area contributed by atoms with E-state index in [1.54, 1.807) is 4.90 Å². The van der Waals surface area contributed by atoms with Crippen LogP contribution in [0.3, 0.4) is 0 Å². The summed E-state index contributed by atoms with van der Waals surface area (Å²) in [6.45, 7) is 4.31. The van der Waals surface area contributed by atoms with Crippen LogP contribution in [-0.4, -0.2) is 65.7 Å². The molecule has 0 aromatic heterocycles. The van der Waals surface area contributed by atoms with Crippen molar-refractivity contribution >= 4 is 5.91 Å². The van der Waals surface area contributed by atoms with Gasteiger partial charge in [-0.15, -0.1) is 0 Å². The summed E-state index contributed by atoms with van der Waals surface area (Å²) in [4.78, 5) is 16.4. The summed E-state index contributed by atoms with van der Waals surface area (Å²) >= 11 is 0. The highest BCUT2D eigenvalue weighted by Crippen LogP contribution is 2.24. The van der Waals surface area contributed by atoms with E-state index in [1.807, 2.05) is 30.3 Å². The van der Waals surface area contributed by atoms with E-state index >= 15 is 0 Å². The first-order valence-corrected chi connectivity index (χ1v) is 8.55. The number of carbonyl (C=O) groups excluding carboxylic acids is 1. The van der Waals surface area contributed by atoms with Gasteiger partial charge in [0.2, 0.25) is 5.91 Å². The summed E-state index contributed by atoms with van der Waals surface area (Å²) in [5, 5.41) is 10.7. The maximum Gasteiger partial charge on any atom is 0.226 e. The Kier molecular flexibility index (Phi) is 5.18. The number of aliphatic hydroxyl groups is 1. The number of amides is 1. The van der Waals surface area contributed by atoms with Gasteiger partial charge in [-0.05, 0) is 44.5 Å². The molecule has 2 fully saturated rings. The topological polar surface area (TPSA) is 53.0 Å². The van der Waals surface area contributed by atoms with E-state index in [2.05, 4.69) is 4.90 Å². The van der Waals surface area contributed by atoms with Crippen LogP contribution in [0.5, 0.6) is 5.75 Å². The van der Waals surface area contributed by atoms with Crippen LogP contribution >= 0.6 is 0 Å². The minimum Gasteiger partial charge on any atom is -0.493 e. The Morgan fingerprint density at radius 2 is 1.91 bits per heavy atom. The second kappa shape index (κ2) is 7.32. The van der Waals surface area contributed by atoms with Crippen molar-refractivity contribution in [2.75, 3.05) is 39.3 Å². The zero-order valence-electron chi connectivity index (χ0n) is 13.6. The van der Waals surface area contributed by atoms with Gasteiger partial charge in [0.25, 0.3) is 0 Å². The highest BCUT2D eigenvalue weighted by Gasteiger charge is 2.39. The Hall–Kier alpha value is -1.59. The molecule has 23 heavy (non-hydrogen) atoms. The molecule has 0 radical (unpaired) electrons. The van der Waals surface area contributed by atoms with Crippen LogP contribution in [0.25, 0.3) is 0 Å². The fraction of sp³-hybridized carbons (Fsp3) is 0.611. The maximum atomic E-state index is 12.3. The third-order valence-corrected chi connectivity index (χ3v) is 4.73. The van der Waals surface area contributed by atoms with Gasteiger partial charge in [0, 0.05) is 13.1 Å². The van der Waals surface area contributed by atoms with Crippen molar-refractivity contribution in [3.63, 3.8) is 0 Å². The highest BCUT2D eigenvalue weighted by atomic mass is 16.5. The molecule has 2 aliphatic rings. The SMILES string of the molecule is O=C(CCOc1ccccc1)N1CCC(O)(CN2CCCC2)C1. The van der Waals surface area contributed by atoms with Gasteiger partial charge in [-0.3, -0.25) is 4.79 Å². The predicted octanol–water partition coefficient (Wildman–Crippen LogP) is 1.51. The van der Waals surface area contributed by atoms with Crippen molar-refractivity contribution in [2.24, 2.45) is 0 Å². The van der Waals surface area contributed by atoms with Crippen LogP contribution in [-0.2, 0) is 4.79 Å². The second-order valence-corrected chi connectivity index (χ2v) is 6.68. The average Bonchev–Trinajstić information content (AvgIpc) is 3.18. The van der Waals surface area contributed by atoms with Gasteiger partial charge in [0.1, 0.15) is 5.75 Å². The zero-order valence-corrected chi connectivity index (χ0v) is 13.6. The number of nitrogens with zero attached hydrogens (tertiary/aromatic N) is 2. The molecule has 126 valence electrons. The van der Waals surface area contributed by atoms with Crippen molar-refractivity contribution in [2.45, 2.75) is 31.3 Å². The minimum absolute atomic E-state index is 0.0679. The van der Waals surface area contributed by atoms with Crippen LogP contribution in [0.15, 0.2) is 30.3 Å². The first-order chi connectivity index (χ1) is 11.1. The summed E-state index contributed by atoms with van der Waals surface area (Å²) in [7, 11) is 0. The number of hydrogen-bond acceptors (Lipinski definition) is 4. The van der Waals surface area contributed by atoms with Crippen LogP contribution < -0.4 is 4.74 Å². The van der Waals surface area contributed by atoms with E-state index in [0.29, 0.717) is 39.1 Å². The van der Waals surface area contributed by atoms with Crippen molar-refractivity contribution in [1.82, 2.24) is 9.80 Å². The molecule has 2 saturated heterocycles. The molecule has 5 nitrogen and oxygen atoms in total. The van der Waals surface area contributed by atoms with Gasteiger partial charge >= 0.3 is 0 Å². The lowest BCUT2D eigenvalue weighted by molar-refractivity contribution is -0.131. The summed E-state index contributed by atoms with van der Waals surface area (Å²) in [5.41, 5.74) is -0.736. The molecule has 1 atom stereocenters. The summed E-state index contributed by atoms with van der Waals surface area (Å²) in [6, 6.07) is 9.53. The Labute approximate surface area is 137 Å². The molecule has 2 heterocycles. The molecule has 1 amide bonds. The number of para-hydroxylation sites is 1. The molecule has 0 saturated carbocycles. The lowest BCUT2D eigenvalue weighted by atomic mass is 10.0. The summed E-state index contributed by atoms with van der Waals surface area (Å²) in [5.74, 6) is 0.852. The first kappa shape index (κ1) is 16.3.